The molecule has 170 valence electrons. The number of ether oxygens (including phenoxy) is 1. The number of benzene rings is 2. The van der Waals surface area contributed by atoms with E-state index in [0.29, 0.717) is 10.8 Å². The van der Waals surface area contributed by atoms with E-state index in [0.717, 1.165) is 28.2 Å². The van der Waals surface area contributed by atoms with Gasteiger partial charge in [0.25, 0.3) is 10.2 Å². The van der Waals surface area contributed by atoms with Crippen LogP contribution in [0.25, 0.3) is 16.9 Å². The van der Waals surface area contributed by atoms with Gasteiger partial charge in [0.1, 0.15) is 17.0 Å². The molecule has 0 spiro atoms. The quantitative estimate of drug-likeness (QED) is 0.546. The van der Waals surface area contributed by atoms with Crippen LogP contribution in [0.15, 0.2) is 48.5 Å². The van der Waals surface area contributed by atoms with Crippen molar-refractivity contribution >= 4 is 21.8 Å². The van der Waals surface area contributed by atoms with Crippen LogP contribution in [-0.4, -0.2) is 46.5 Å². The van der Waals surface area contributed by atoms with E-state index < -0.39 is 10.2 Å². The minimum atomic E-state index is -3.56. The number of fused-ring (bicyclic) bond motifs is 1. The standard InChI is InChI=1S/C23H27ClN4O3S/c1-23(2,3)31-21-9-7-6-8-20(21)28-22(16-10-12-17(24)13-11-16)18-14-27(15-19(18)25-28)32(29,30)26(4)5/h6-13H,14-15H2,1-5H3. The molecule has 4 rings (SSSR count). The second-order valence-corrected chi connectivity index (χ2v) is 11.5. The molecule has 9 heteroatoms. The number of nitrogens with zero attached hydrogens (tertiary/aromatic N) is 4. The minimum Gasteiger partial charge on any atom is -0.486 e. The van der Waals surface area contributed by atoms with Gasteiger partial charge < -0.3 is 4.74 Å². The number of rotatable bonds is 5. The molecule has 0 aliphatic carbocycles. The number of hydrogen-bond donors (Lipinski definition) is 0. The van der Waals surface area contributed by atoms with Gasteiger partial charge in [-0.3, -0.25) is 0 Å². The van der Waals surface area contributed by atoms with E-state index in [1.807, 2.05) is 74.0 Å². The summed E-state index contributed by atoms with van der Waals surface area (Å²) < 4.78 is 36.2. The van der Waals surface area contributed by atoms with Crippen LogP contribution in [0.2, 0.25) is 5.02 Å². The third-order valence-corrected chi connectivity index (χ3v) is 7.23. The Morgan fingerprint density at radius 2 is 1.69 bits per heavy atom. The summed E-state index contributed by atoms with van der Waals surface area (Å²) >= 11 is 6.13. The molecule has 0 saturated heterocycles. The molecular formula is C23H27ClN4O3S. The summed E-state index contributed by atoms with van der Waals surface area (Å²) in [6.45, 7) is 6.45. The number of halogens is 1. The maximum Gasteiger partial charge on any atom is 0.282 e. The molecule has 7 nitrogen and oxygen atoms in total. The van der Waals surface area contributed by atoms with Crippen LogP contribution in [0.5, 0.6) is 5.75 Å². The average molecular weight is 475 g/mol. The van der Waals surface area contributed by atoms with Crippen molar-refractivity contribution in [1.82, 2.24) is 18.4 Å². The monoisotopic (exact) mass is 474 g/mol. The van der Waals surface area contributed by atoms with Crippen LogP contribution in [0.4, 0.5) is 0 Å². The van der Waals surface area contributed by atoms with Crippen molar-refractivity contribution in [2.75, 3.05) is 14.1 Å². The van der Waals surface area contributed by atoms with Crippen LogP contribution in [0.1, 0.15) is 32.0 Å². The van der Waals surface area contributed by atoms with Gasteiger partial charge in [0.05, 0.1) is 17.9 Å². The summed E-state index contributed by atoms with van der Waals surface area (Å²) in [5, 5.41) is 5.48. The van der Waals surface area contributed by atoms with Gasteiger partial charge >= 0.3 is 0 Å². The summed E-state index contributed by atoms with van der Waals surface area (Å²) in [6.07, 6.45) is 0. The SMILES string of the molecule is CN(C)S(=O)(=O)N1Cc2nn(-c3ccccc3OC(C)(C)C)c(-c3ccc(Cl)cc3)c2C1. The van der Waals surface area contributed by atoms with Gasteiger partial charge in [-0.05, 0) is 45.0 Å². The molecule has 1 aromatic heterocycles. The third kappa shape index (κ3) is 4.28. The molecule has 1 aliphatic heterocycles. The number of para-hydroxylation sites is 2. The molecule has 0 radical (unpaired) electrons. The predicted octanol–water partition coefficient (Wildman–Crippen LogP) is 4.49. The maximum absolute atomic E-state index is 12.7. The van der Waals surface area contributed by atoms with Gasteiger partial charge in [-0.25, -0.2) is 4.68 Å². The molecule has 0 bridgehead atoms. The van der Waals surface area contributed by atoms with Crippen molar-refractivity contribution in [1.29, 1.82) is 0 Å². The molecule has 0 N–H and O–H groups in total. The van der Waals surface area contributed by atoms with Crippen LogP contribution < -0.4 is 4.74 Å². The van der Waals surface area contributed by atoms with E-state index in [4.69, 9.17) is 21.4 Å². The van der Waals surface area contributed by atoms with Crippen molar-refractivity contribution in [3.63, 3.8) is 0 Å². The minimum absolute atomic E-state index is 0.214. The Kier molecular flexibility index (Phi) is 5.83. The van der Waals surface area contributed by atoms with E-state index in [2.05, 4.69) is 0 Å². The largest absolute Gasteiger partial charge is 0.486 e. The van der Waals surface area contributed by atoms with Gasteiger partial charge in [0.2, 0.25) is 0 Å². The fourth-order valence-electron chi connectivity index (χ4n) is 3.71. The Morgan fingerprint density at radius 1 is 1.03 bits per heavy atom. The van der Waals surface area contributed by atoms with Gasteiger partial charge in [-0.15, -0.1) is 0 Å². The fraction of sp³-hybridized carbons (Fsp3) is 0.348. The van der Waals surface area contributed by atoms with Crippen molar-refractivity contribution in [3.05, 3.63) is 64.8 Å². The first-order valence-corrected chi connectivity index (χ1v) is 12.1. The zero-order valence-corrected chi connectivity index (χ0v) is 20.4. The van der Waals surface area contributed by atoms with E-state index in [-0.39, 0.29) is 18.7 Å². The zero-order valence-electron chi connectivity index (χ0n) is 18.8. The normalized spacial score (nSPS) is 14.7. The van der Waals surface area contributed by atoms with Crippen LogP contribution >= 0.6 is 11.6 Å². The van der Waals surface area contributed by atoms with Crippen LogP contribution in [0, 0.1) is 0 Å². The second kappa shape index (κ2) is 8.19. The van der Waals surface area contributed by atoms with Gasteiger partial charge in [0.15, 0.2) is 0 Å². The highest BCUT2D eigenvalue weighted by molar-refractivity contribution is 7.86. The van der Waals surface area contributed by atoms with Crippen LogP contribution in [-0.2, 0) is 23.3 Å². The third-order valence-electron chi connectivity index (χ3n) is 5.14. The van der Waals surface area contributed by atoms with Gasteiger partial charge in [0, 0.05) is 36.8 Å². The molecule has 0 fully saturated rings. The van der Waals surface area contributed by atoms with Gasteiger partial charge in [-0.2, -0.15) is 22.1 Å². The van der Waals surface area contributed by atoms with Crippen LogP contribution in [0.3, 0.4) is 0 Å². The molecule has 3 aromatic rings. The molecule has 2 aromatic carbocycles. The highest BCUT2D eigenvalue weighted by Gasteiger charge is 2.36. The lowest BCUT2D eigenvalue weighted by atomic mass is 10.1. The second-order valence-electron chi connectivity index (χ2n) is 8.93. The fourth-order valence-corrected chi connectivity index (χ4v) is 4.87. The molecule has 0 unspecified atom stereocenters. The van der Waals surface area contributed by atoms with Crippen molar-refractivity contribution < 1.29 is 13.2 Å². The number of hydrogen-bond acceptors (Lipinski definition) is 4. The summed E-state index contributed by atoms with van der Waals surface area (Å²) in [6, 6.07) is 15.2. The van der Waals surface area contributed by atoms with E-state index in [9.17, 15) is 8.42 Å². The molecular weight excluding hydrogens is 448 g/mol. The van der Waals surface area contributed by atoms with Gasteiger partial charge in [-0.1, -0.05) is 35.9 Å². The lowest BCUT2D eigenvalue weighted by Crippen LogP contribution is -2.36. The first-order valence-electron chi connectivity index (χ1n) is 10.3. The molecule has 32 heavy (non-hydrogen) atoms. The molecule has 0 saturated carbocycles. The number of aromatic nitrogens is 2. The summed E-state index contributed by atoms with van der Waals surface area (Å²) in [7, 11) is -0.490. The van der Waals surface area contributed by atoms with Crippen molar-refractivity contribution in [2.45, 2.75) is 39.5 Å². The summed E-state index contributed by atoms with van der Waals surface area (Å²) in [4.78, 5) is 0. The Bertz CT molecular complexity index is 1250. The Labute approximate surface area is 194 Å². The van der Waals surface area contributed by atoms with Crippen molar-refractivity contribution in [3.8, 4) is 22.7 Å². The lowest BCUT2D eigenvalue weighted by Gasteiger charge is -2.24. The summed E-state index contributed by atoms with van der Waals surface area (Å²) in [5.41, 5.74) is 3.75. The molecule has 2 heterocycles. The summed E-state index contributed by atoms with van der Waals surface area (Å²) in [5.74, 6) is 0.703. The van der Waals surface area contributed by atoms with E-state index in [1.54, 1.807) is 0 Å². The average Bonchev–Trinajstić information content (AvgIpc) is 3.26. The molecule has 1 aliphatic rings. The highest BCUT2D eigenvalue weighted by Crippen LogP contribution is 2.38. The topological polar surface area (TPSA) is 67.7 Å². The molecule has 0 atom stereocenters. The molecule has 0 amide bonds. The predicted molar refractivity (Wildman–Crippen MR) is 126 cm³/mol. The van der Waals surface area contributed by atoms with E-state index in [1.165, 1.54) is 22.7 Å². The maximum atomic E-state index is 12.7. The Hall–Kier alpha value is -2.39. The van der Waals surface area contributed by atoms with Crippen molar-refractivity contribution in [2.24, 2.45) is 0 Å². The highest BCUT2D eigenvalue weighted by atomic mass is 35.5. The van der Waals surface area contributed by atoms with E-state index >= 15 is 0 Å². The first kappa shape index (κ1) is 22.8. The zero-order chi connectivity index (χ0) is 23.3. The Morgan fingerprint density at radius 3 is 2.31 bits per heavy atom. The first-order chi connectivity index (χ1) is 15.0. The Balaban J connectivity index is 1.88. The lowest BCUT2D eigenvalue weighted by molar-refractivity contribution is 0.130. The smallest absolute Gasteiger partial charge is 0.282 e.